The Labute approximate surface area is 140 Å². The van der Waals surface area contributed by atoms with E-state index in [2.05, 4.69) is 26.1 Å². The highest BCUT2D eigenvalue weighted by Crippen LogP contribution is 2.16. The third-order valence-electron chi connectivity index (χ3n) is 3.45. The van der Waals surface area contributed by atoms with E-state index in [1.54, 1.807) is 0 Å². The highest BCUT2D eigenvalue weighted by molar-refractivity contribution is 5.85. The molecule has 1 aromatic carbocycles. The second-order valence-corrected chi connectivity index (χ2v) is 6.20. The van der Waals surface area contributed by atoms with Gasteiger partial charge < -0.3 is 15.8 Å². The van der Waals surface area contributed by atoms with Gasteiger partial charge in [0, 0.05) is 12.1 Å². The van der Waals surface area contributed by atoms with Crippen LogP contribution in [-0.2, 0) is 11.2 Å². The van der Waals surface area contributed by atoms with Crippen LogP contribution in [0.3, 0.4) is 0 Å². The van der Waals surface area contributed by atoms with Crippen molar-refractivity contribution in [2.45, 2.75) is 46.1 Å². The Morgan fingerprint density at radius 2 is 1.91 bits per heavy atom. The summed E-state index contributed by atoms with van der Waals surface area (Å²) in [5.41, 5.74) is 6.66. The van der Waals surface area contributed by atoms with Crippen LogP contribution >= 0.6 is 12.4 Å². The van der Waals surface area contributed by atoms with Crippen LogP contribution in [0.5, 0.6) is 5.75 Å². The summed E-state index contributed by atoms with van der Waals surface area (Å²) in [6.07, 6.45) is 1.84. The summed E-state index contributed by atoms with van der Waals surface area (Å²) in [4.78, 5) is 12.0. The Morgan fingerprint density at radius 1 is 1.32 bits per heavy atom. The summed E-state index contributed by atoms with van der Waals surface area (Å²) < 4.78 is 5.51. The van der Waals surface area contributed by atoms with Crippen molar-refractivity contribution in [2.24, 2.45) is 11.7 Å². The van der Waals surface area contributed by atoms with Gasteiger partial charge in [0.25, 0.3) is 5.91 Å². The SMILES string of the molecule is CCc1ccc(OCC(=O)NC(C)(CN)CC(C)C)cc1.Cl. The first-order valence-corrected chi connectivity index (χ1v) is 7.61. The quantitative estimate of drug-likeness (QED) is 0.771. The fourth-order valence-corrected chi connectivity index (χ4v) is 2.43. The van der Waals surface area contributed by atoms with E-state index >= 15 is 0 Å². The van der Waals surface area contributed by atoms with Gasteiger partial charge in [0.15, 0.2) is 6.61 Å². The summed E-state index contributed by atoms with van der Waals surface area (Å²) in [5.74, 6) is 1.05. The molecule has 0 saturated heterocycles. The van der Waals surface area contributed by atoms with E-state index in [1.807, 2.05) is 31.2 Å². The molecule has 0 fully saturated rings. The minimum Gasteiger partial charge on any atom is -0.484 e. The molecule has 5 heteroatoms. The number of ether oxygens (including phenoxy) is 1. The maximum absolute atomic E-state index is 12.0. The molecular weight excluding hydrogens is 300 g/mol. The maximum atomic E-state index is 12.0. The zero-order chi connectivity index (χ0) is 15.9. The van der Waals surface area contributed by atoms with E-state index < -0.39 is 0 Å². The number of amides is 1. The Hall–Kier alpha value is -1.26. The van der Waals surface area contributed by atoms with Gasteiger partial charge in [-0.3, -0.25) is 4.79 Å². The molecular formula is C17H29ClN2O2. The summed E-state index contributed by atoms with van der Waals surface area (Å²) >= 11 is 0. The lowest BCUT2D eigenvalue weighted by Gasteiger charge is -2.31. The molecule has 0 aliphatic heterocycles. The number of halogens is 1. The highest BCUT2D eigenvalue weighted by atomic mass is 35.5. The van der Waals surface area contributed by atoms with Crippen LogP contribution in [0.15, 0.2) is 24.3 Å². The van der Waals surface area contributed by atoms with Crippen molar-refractivity contribution >= 4 is 18.3 Å². The van der Waals surface area contributed by atoms with E-state index in [4.69, 9.17) is 10.5 Å². The van der Waals surface area contributed by atoms with E-state index in [0.29, 0.717) is 18.2 Å². The summed E-state index contributed by atoms with van der Waals surface area (Å²) in [5, 5.41) is 2.98. The molecule has 0 saturated carbocycles. The second-order valence-electron chi connectivity index (χ2n) is 6.20. The Kier molecular flexibility index (Phi) is 9.14. The second kappa shape index (κ2) is 9.70. The van der Waals surface area contributed by atoms with Crippen LogP contribution in [0, 0.1) is 5.92 Å². The third-order valence-corrected chi connectivity index (χ3v) is 3.45. The molecule has 0 aliphatic carbocycles. The first-order chi connectivity index (χ1) is 9.88. The fourth-order valence-electron chi connectivity index (χ4n) is 2.43. The van der Waals surface area contributed by atoms with Gasteiger partial charge in [-0.2, -0.15) is 0 Å². The van der Waals surface area contributed by atoms with Crippen LogP contribution in [0.4, 0.5) is 0 Å². The molecule has 3 N–H and O–H groups in total. The molecule has 126 valence electrons. The minimum absolute atomic E-state index is 0. The Bertz CT molecular complexity index is 448. The van der Waals surface area contributed by atoms with Crippen LogP contribution in [0.25, 0.3) is 0 Å². The van der Waals surface area contributed by atoms with E-state index in [1.165, 1.54) is 5.56 Å². The Morgan fingerprint density at radius 3 is 2.36 bits per heavy atom. The Balaban J connectivity index is 0.00000441. The van der Waals surface area contributed by atoms with Crippen molar-refractivity contribution in [2.75, 3.05) is 13.2 Å². The number of aryl methyl sites for hydroxylation is 1. The maximum Gasteiger partial charge on any atom is 0.258 e. The third kappa shape index (κ3) is 7.14. The number of carbonyl (C=O) groups excluding carboxylic acids is 1. The van der Waals surface area contributed by atoms with Gasteiger partial charge in [0.05, 0.1) is 0 Å². The average molecular weight is 329 g/mol. The molecule has 22 heavy (non-hydrogen) atoms. The molecule has 1 rings (SSSR count). The topological polar surface area (TPSA) is 64.3 Å². The molecule has 0 bridgehead atoms. The van der Waals surface area contributed by atoms with Gasteiger partial charge >= 0.3 is 0 Å². The normalized spacial score (nSPS) is 13.2. The smallest absolute Gasteiger partial charge is 0.258 e. The van der Waals surface area contributed by atoms with Crippen molar-refractivity contribution in [1.29, 1.82) is 0 Å². The molecule has 1 unspecified atom stereocenters. The lowest BCUT2D eigenvalue weighted by atomic mass is 9.91. The summed E-state index contributed by atoms with van der Waals surface area (Å²) in [7, 11) is 0. The molecule has 0 heterocycles. The van der Waals surface area contributed by atoms with Gasteiger partial charge in [-0.1, -0.05) is 32.9 Å². The van der Waals surface area contributed by atoms with Gasteiger partial charge in [-0.15, -0.1) is 12.4 Å². The van der Waals surface area contributed by atoms with Crippen molar-refractivity contribution in [3.05, 3.63) is 29.8 Å². The summed E-state index contributed by atoms with van der Waals surface area (Å²) in [6, 6.07) is 7.80. The molecule has 0 spiro atoms. The van der Waals surface area contributed by atoms with E-state index in [-0.39, 0.29) is 30.5 Å². The number of nitrogens with two attached hydrogens (primary N) is 1. The monoisotopic (exact) mass is 328 g/mol. The van der Waals surface area contributed by atoms with Crippen molar-refractivity contribution in [1.82, 2.24) is 5.32 Å². The molecule has 4 nitrogen and oxygen atoms in total. The predicted octanol–water partition coefficient (Wildman–Crippen LogP) is 2.93. The van der Waals surface area contributed by atoms with Crippen molar-refractivity contribution < 1.29 is 9.53 Å². The molecule has 1 aromatic rings. The van der Waals surface area contributed by atoms with Crippen molar-refractivity contribution in [3.63, 3.8) is 0 Å². The molecule has 1 atom stereocenters. The van der Waals surface area contributed by atoms with Gasteiger partial charge in [0.2, 0.25) is 0 Å². The first-order valence-electron chi connectivity index (χ1n) is 7.61. The predicted molar refractivity (Wildman–Crippen MR) is 93.6 cm³/mol. The van der Waals surface area contributed by atoms with Crippen LogP contribution < -0.4 is 15.8 Å². The number of hydrogen-bond acceptors (Lipinski definition) is 3. The zero-order valence-corrected chi connectivity index (χ0v) is 14.8. The van der Waals surface area contributed by atoms with Gasteiger partial charge in [-0.25, -0.2) is 0 Å². The standard InChI is InChI=1S/C17H28N2O2.ClH/c1-5-14-6-8-15(9-7-14)21-11-16(20)19-17(4,12-18)10-13(2)3;/h6-9,13H,5,10-12,18H2,1-4H3,(H,19,20);1H. The van der Waals surface area contributed by atoms with E-state index in [0.717, 1.165) is 12.8 Å². The van der Waals surface area contributed by atoms with Gasteiger partial charge in [0.1, 0.15) is 5.75 Å². The summed E-state index contributed by atoms with van der Waals surface area (Å²) in [6.45, 7) is 8.74. The molecule has 0 radical (unpaired) electrons. The molecule has 0 aromatic heterocycles. The average Bonchev–Trinajstić information content (AvgIpc) is 2.44. The number of nitrogens with one attached hydrogen (secondary N) is 1. The number of benzene rings is 1. The van der Waals surface area contributed by atoms with Gasteiger partial charge in [-0.05, 0) is 43.4 Å². The number of hydrogen-bond donors (Lipinski definition) is 2. The minimum atomic E-state index is -0.374. The van der Waals surface area contributed by atoms with Crippen molar-refractivity contribution in [3.8, 4) is 5.75 Å². The van der Waals surface area contributed by atoms with Crippen LogP contribution in [0.2, 0.25) is 0 Å². The number of rotatable bonds is 8. The van der Waals surface area contributed by atoms with Crippen LogP contribution in [-0.4, -0.2) is 24.6 Å². The fraction of sp³-hybridized carbons (Fsp3) is 0.588. The highest BCUT2D eigenvalue weighted by Gasteiger charge is 2.25. The van der Waals surface area contributed by atoms with Crippen LogP contribution in [0.1, 0.15) is 39.7 Å². The largest absolute Gasteiger partial charge is 0.484 e. The first kappa shape index (κ1) is 20.7. The molecule has 0 aliphatic rings. The molecule has 1 amide bonds. The lowest BCUT2D eigenvalue weighted by Crippen LogP contribution is -2.53. The zero-order valence-electron chi connectivity index (χ0n) is 14.0. The lowest BCUT2D eigenvalue weighted by molar-refractivity contribution is -0.125. The van der Waals surface area contributed by atoms with E-state index in [9.17, 15) is 4.79 Å². The number of carbonyl (C=O) groups is 1.